The maximum atomic E-state index is 12.3. The summed E-state index contributed by atoms with van der Waals surface area (Å²) in [7, 11) is 0. The van der Waals surface area contributed by atoms with Crippen molar-refractivity contribution in [2.75, 3.05) is 18.8 Å². The summed E-state index contributed by atoms with van der Waals surface area (Å²) in [5.74, 6) is -0.613. The molecule has 0 fully saturated rings. The van der Waals surface area contributed by atoms with Crippen LogP contribution in [0, 0.1) is 0 Å². The highest BCUT2D eigenvalue weighted by molar-refractivity contribution is 8.00. The Kier molecular flexibility index (Phi) is 6.00. The highest BCUT2D eigenvalue weighted by Gasteiger charge is 2.32. The van der Waals surface area contributed by atoms with Gasteiger partial charge in [-0.2, -0.15) is 13.2 Å². The number of carbonyl (C=O) groups is 1. The van der Waals surface area contributed by atoms with E-state index in [0.29, 0.717) is 9.92 Å². The normalized spacial score (nSPS) is 11.4. The topological polar surface area (TPSA) is 20.3 Å². The Hall–Kier alpha value is -0.880. The van der Waals surface area contributed by atoms with Crippen molar-refractivity contribution in [2.24, 2.45) is 0 Å². The van der Waals surface area contributed by atoms with Gasteiger partial charge in [0.05, 0.1) is 10.8 Å². The zero-order valence-electron chi connectivity index (χ0n) is 10.2. The lowest BCUT2D eigenvalue weighted by molar-refractivity contribution is -0.159. The Morgan fingerprint density at radius 1 is 1.37 bits per heavy atom. The Morgan fingerprint density at radius 3 is 2.53 bits per heavy atom. The zero-order valence-corrected chi connectivity index (χ0v) is 11.8. The van der Waals surface area contributed by atoms with Gasteiger partial charge in [0.1, 0.15) is 6.54 Å². The molecule has 0 atom stereocenters. The summed E-state index contributed by atoms with van der Waals surface area (Å²) in [5, 5.41) is 0.485. The number of rotatable bonds is 5. The van der Waals surface area contributed by atoms with Crippen LogP contribution in [0.1, 0.15) is 6.92 Å². The molecule has 0 aliphatic rings. The summed E-state index contributed by atoms with van der Waals surface area (Å²) >= 11 is 7.04. The van der Waals surface area contributed by atoms with Gasteiger partial charge in [-0.25, -0.2) is 0 Å². The third-order valence-electron chi connectivity index (χ3n) is 2.29. The maximum Gasteiger partial charge on any atom is 0.406 e. The molecule has 106 valence electrons. The molecule has 0 radical (unpaired) electrons. The number of hydrogen-bond donors (Lipinski definition) is 0. The molecule has 0 unspecified atom stereocenters. The molecular formula is C12H13ClF3NOS. The first kappa shape index (κ1) is 16.2. The molecule has 0 bridgehead atoms. The number of carbonyl (C=O) groups excluding carboxylic acids is 1. The fraction of sp³-hybridized carbons (Fsp3) is 0.417. The number of nitrogens with zero attached hydrogens (tertiary/aromatic N) is 1. The van der Waals surface area contributed by atoms with Gasteiger partial charge in [0.2, 0.25) is 5.91 Å². The van der Waals surface area contributed by atoms with Crippen molar-refractivity contribution in [1.29, 1.82) is 0 Å². The highest BCUT2D eigenvalue weighted by atomic mass is 35.5. The first-order chi connectivity index (χ1) is 8.83. The zero-order chi connectivity index (χ0) is 14.5. The lowest BCUT2D eigenvalue weighted by Crippen LogP contribution is -2.39. The van der Waals surface area contributed by atoms with Gasteiger partial charge in [0.25, 0.3) is 0 Å². The van der Waals surface area contributed by atoms with Gasteiger partial charge in [-0.3, -0.25) is 4.79 Å². The maximum absolute atomic E-state index is 12.3. The van der Waals surface area contributed by atoms with Crippen LogP contribution < -0.4 is 0 Å². The van der Waals surface area contributed by atoms with Crippen molar-refractivity contribution >= 4 is 29.3 Å². The lowest BCUT2D eigenvalue weighted by Gasteiger charge is -2.22. The summed E-state index contributed by atoms with van der Waals surface area (Å²) in [5.41, 5.74) is 0. The molecule has 0 saturated heterocycles. The minimum absolute atomic E-state index is 0.0292. The van der Waals surface area contributed by atoms with Crippen molar-refractivity contribution in [3.63, 3.8) is 0 Å². The van der Waals surface area contributed by atoms with Crippen molar-refractivity contribution in [2.45, 2.75) is 18.0 Å². The fourth-order valence-corrected chi connectivity index (χ4v) is 2.53. The molecule has 0 aromatic heterocycles. The summed E-state index contributed by atoms with van der Waals surface area (Å²) in [6.07, 6.45) is -4.37. The average molecular weight is 312 g/mol. The molecular weight excluding hydrogens is 299 g/mol. The molecule has 0 aliphatic heterocycles. The van der Waals surface area contributed by atoms with Crippen LogP contribution in [0.5, 0.6) is 0 Å². The Labute approximate surface area is 118 Å². The van der Waals surface area contributed by atoms with E-state index >= 15 is 0 Å². The molecule has 0 heterocycles. The molecule has 0 spiro atoms. The fourth-order valence-electron chi connectivity index (χ4n) is 1.39. The van der Waals surface area contributed by atoms with E-state index < -0.39 is 18.6 Å². The predicted octanol–water partition coefficient (Wildman–Crippen LogP) is 3.84. The quantitative estimate of drug-likeness (QED) is 0.770. The van der Waals surface area contributed by atoms with Gasteiger partial charge in [0, 0.05) is 11.4 Å². The average Bonchev–Trinajstić information content (AvgIpc) is 2.33. The number of alkyl halides is 3. The van der Waals surface area contributed by atoms with E-state index in [1.165, 1.54) is 6.92 Å². The molecule has 0 saturated carbocycles. The summed E-state index contributed by atoms with van der Waals surface area (Å²) in [6, 6.07) is 6.89. The number of halogens is 4. The first-order valence-corrected chi connectivity index (χ1v) is 6.91. The van der Waals surface area contributed by atoms with E-state index in [1.807, 2.05) is 0 Å². The number of amides is 1. The van der Waals surface area contributed by atoms with Crippen LogP contribution in [0.2, 0.25) is 5.02 Å². The van der Waals surface area contributed by atoms with Gasteiger partial charge >= 0.3 is 6.18 Å². The van der Waals surface area contributed by atoms with E-state index in [4.69, 9.17) is 11.6 Å². The van der Waals surface area contributed by atoms with E-state index in [9.17, 15) is 18.0 Å². The number of thioether (sulfide) groups is 1. The summed E-state index contributed by atoms with van der Waals surface area (Å²) in [6.45, 7) is 0.330. The molecule has 19 heavy (non-hydrogen) atoms. The summed E-state index contributed by atoms with van der Waals surface area (Å²) in [4.78, 5) is 13.2. The lowest BCUT2D eigenvalue weighted by atomic mass is 10.4. The minimum atomic E-state index is -4.37. The largest absolute Gasteiger partial charge is 0.406 e. The minimum Gasteiger partial charge on any atom is -0.333 e. The standard InChI is InChI=1S/C12H13ClF3NOS/c1-2-17(8-12(14,15)16)11(18)7-19-10-6-4-3-5-9(10)13/h3-6H,2,7-8H2,1H3. The molecule has 7 heteroatoms. The third-order valence-corrected chi connectivity index (χ3v) is 3.79. The number of benzene rings is 1. The van der Waals surface area contributed by atoms with E-state index in [2.05, 4.69) is 0 Å². The second-order valence-electron chi connectivity index (χ2n) is 3.74. The van der Waals surface area contributed by atoms with Crippen LogP contribution in [0.4, 0.5) is 13.2 Å². The van der Waals surface area contributed by atoms with Crippen LogP contribution in [-0.4, -0.2) is 35.8 Å². The van der Waals surface area contributed by atoms with Crippen molar-refractivity contribution in [3.8, 4) is 0 Å². The Morgan fingerprint density at radius 2 is 2.00 bits per heavy atom. The smallest absolute Gasteiger partial charge is 0.333 e. The highest BCUT2D eigenvalue weighted by Crippen LogP contribution is 2.27. The van der Waals surface area contributed by atoms with Gasteiger partial charge < -0.3 is 4.90 Å². The van der Waals surface area contributed by atoms with E-state index in [1.54, 1.807) is 24.3 Å². The van der Waals surface area contributed by atoms with Gasteiger partial charge in [-0.1, -0.05) is 23.7 Å². The molecule has 2 nitrogen and oxygen atoms in total. The van der Waals surface area contributed by atoms with Crippen LogP contribution >= 0.6 is 23.4 Å². The molecule has 0 N–H and O–H groups in total. The van der Waals surface area contributed by atoms with Crippen LogP contribution in [-0.2, 0) is 4.79 Å². The van der Waals surface area contributed by atoms with Crippen molar-refractivity contribution in [3.05, 3.63) is 29.3 Å². The molecule has 1 aromatic carbocycles. The summed E-state index contributed by atoms with van der Waals surface area (Å²) < 4.78 is 36.8. The molecule has 0 aliphatic carbocycles. The second kappa shape index (κ2) is 7.05. The SMILES string of the molecule is CCN(CC(F)(F)F)C(=O)CSc1ccccc1Cl. The van der Waals surface area contributed by atoms with Gasteiger partial charge in [-0.15, -0.1) is 11.8 Å². The van der Waals surface area contributed by atoms with Crippen molar-refractivity contribution in [1.82, 2.24) is 4.90 Å². The first-order valence-electron chi connectivity index (χ1n) is 5.55. The molecule has 1 rings (SSSR count). The van der Waals surface area contributed by atoms with Crippen molar-refractivity contribution < 1.29 is 18.0 Å². The number of hydrogen-bond acceptors (Lipinski definition) is 2. The van der Waals surface area contributed by atoms with Crippen LogP contribution in [0.25, 0.3) is 0 Å². The van der Waals surface area contributed by atoms with Gasteiger partial charge in [0.15, 0.2) is 0 Å². The third kappa shape index (κ3) is 5.74. The predicted molar refractivity (Wildman–Crippen MR) is 70.5 cm³/mol. The monoisotopic (exact) mass is 311 g/mol. The molecule has 1 aromatic rings. The Balaban J connectivity index is 2.57. The van der Waals surface area contributed by atoms with Crippen LogP contribution in [0.3, 0.4) is 0 Å². The Bertz CT molecular complexity index is 439. The van der Waals surface area contributed by atoms with E-state index in [-0.39, 0.29) is 12.3 Å². The molecule has 1 amide bonds. The van der Waals surface area contributed by atoms with Crippen LogP contribution in [0.15, 0.2) is 29.2 Å². The van der Waals surface area contributed by atoms with Gasteiger partial charge in [-0.05, 0) is 19.1 Å². The van der Waals surface area contributed by atoms with E-state index in [0.717, 1.165) is 16.7 Å². The second-order valence-corrected chi connectivity index (χ2v) is 5.17.